The molecule has 1 N–H and O–H groups in total. The number of amides is 1. The van der Waals surface area contributed by atoms with Crippen LogP contribution in [0.2, 0.25) is 0 Å². The average Bonchev–Trinajstić information content (AvgIpc) is 3.31. The number of fused-ring (bicyclic) bond motifs is 1. The third-order valence-corrected chi connectivity index (χ3v) is 4.42. The molecule has 142 valence electrons. The SMILES string of the molecule is O=C(Nc1cn(Cc2ccc(C(F)(F)F)cc2)c2ccccc12)c1ccco1. The second-order valence-corrected chi connectivity index (χ2v) is 6.31. The van der Waals surface area contributed by atoms with E-state index >= 15 is 0 Å². The number of anilines is 1. The summed E-state index contributed by atoms with van der Waals surface area (Å²) in [5.74, 6) is -0.179. The second-order valence-electron chi connectivity index (χ2n) is 6.31. The number of aromatic nitrogens is 1. The molecule has 0 unspecified atom stereocenters. The van der Waals surface area contributed by atoms with Crippen molar-refractivity contribution in [2.45, 2.75) is 12.7 Å². The molecule has 0 bridgehead atoms. The molecule has 7 heteroatoms. The Bertz CT molecular complexity index is 1110. The van der Waals surface area contributed by atoms with Crippen LogP contribution in [0, 0.1) is 0 Å². The average molecular weight is 384 g/mol. The molecule has 0 spiro atoms. The summed E-state index contributed by atoms with van der Waals surface area (Å²) in [6.45, 7) is 0.370. The van der Waals surface area contributed by atoms with Crippen LogP contribution in [0.15, 0.2) is 77.5 Å². The fraction of sp³-hybridized carbons (Fsp3) is 0.0952. The van der Waals surface area contributed by atoms with Crippen LogP contribution in [0.3, 0.4) is 0 Å². The molecular formula is C21H15F3N2O2. The van der Waals surface area contributed by atoms with E-state index in [1.807, 2.05) is 28.8 Å². The quantitative estimate of drug-likeness (QED) is 0.501. The lowest BCUT2D eigenvalue weighted by atomic mass is 10.1. The van der Waals surface area contributed by atoms with Crippen molar-refractivity contribution in [1.29, 1.82) is 0 Å². The molecule has 0 aliphatic carbocycles. The summed E-state index contributed by atoms with van der Waals surface area (Å²) in [5, 5.41) is 3.65. The van der Waals surface area contributed by atoms with Gasteiger partial charge in [0.1, 0.15) is 0 Å². The van der Waals surface area contributed by atoms with Gasteiger partial charge in [-0.1, -0.05) is 30.3 Å². The Kier molecular flexibility index (Phi) is 4.43. The van der Waals surface area contributed by atoms with E-state index < -0.39 is 11.7 Å². The highest BCUT2D eigenvalue weighted by molar-refractivity contribution is 6.07. The molecule has 2 aromatic carbocycles. The normalized spacial score (nSPS) is 11.7. The Balaban J connectivity index is 1.63. The fourth-order valence-electron chi connectivity index (χ4n) is 3.06. The molecule has 0 saturated carbocycles. The predicted octanol–water partition coefficient (Wildman–Crippen LogP) is 5.55. The maximum absolute atomic E-state index is 12.7. The molecule has 0 aliphatic heterocycles. The first-order valence-corrected chi connectivity index (χ1v) is 8.51. The lowest BCUT2D eigenvalue weighted by molar-refractivity contribution is -0.137. The van der Waals surface area contributed by atoms with Crippen molar-refractivity contribution in [1.82, 2.24) is 4.57 Å². The molecule has 2 aromatic heterocycles. The Hall–Kier alpha value is -3.48. The minimum Gasteiger partial charge on any atom is -0.459 e. The van der Waals surface area contributed by atoms with Crippen LogP contribution in [0.5, 0.6) is 0 Å². The summed E-state index contributed by atoms with van der Waals surface area (Å²) in [6, 6.07) is 15.7. The van der Waals surface area contributed by atoms with Crippen LogP contribution in [0.1, 0.15) is 21.7 Å². The van der Waals surface area contributed by atoms with Gasteiger partial charge in [0.25, 0.3) is 5.91 Å². The first kappa shape index (κ1) is 17.9. The summed E-state index contributed by atoms with van der Waals surface area (Å²) < 4.78 is 45.2. The monoisotopic (exact) mass is 384 g/mol. The second kappa shape index (κ2) is 6.92. The van der Waals surface area contributed by atoms with E-state index in [0.717, 1.165) is 28.6 Å². The number of nitrogens with one attached hydrogen (secondary N) is 1. The van der Waals surface area contributed by atoms with Crippen LogP contribution >= 0.6 is 0 Å². The maximum Gasteiger partial charge on any atom is 0.416 e. The van der Waals surface area contributed by atoms with Crippen LogP contribution in [0.4, 0.5) is 18.9 Å². The highest BCUT2D eigenvalue weighted by Gasteiger charge is 2.29. The van der Waals surface area contributed by atoms with Crippen molar-refractivity contribution < 1.29 is 22.4 Å². The van der Waals surface area contributed by atoms with Crippen molar-refractivity contribution in [3.8, 4) is 0 Å². The number of halogens is 3. The van der Waals surface area contributed by atoms with Gasteiger partial charge in [0.2, 0.25) is 0 Å². The van der Waals surface area contributed by atoms with Crippen LogP contribution < -0.4 is 5.32 Å². The largest absolute Gasteiger partial charge is 0.459 e. The van der Waals surface area contributed by atoms with Gasteiger partial charge >= 0.3 is 6.18 Å². The summed E-state index contributed by atoms with van der Waals surface area (Å²) >= 11 is 0. The van der Waals surface area contributed by atoms with Gasteiger partial charge in [0, 0.05) is 18.1 Å². The number of carbonyl (C=O) groups is 1. The number of nitrogens with zero attached hydrogens (tertiary/aromatic N) is 1. The molecule has 0 radical (unpaired) electrons. The Morgan fingerprint density at radius 1 is 1.00 bits per heavy atom. The third-order valence-electron chi connectivity index (χ3n) is 4.42. The van der Waals surface area contributed by atoms with Gasteiger partial charge in [-0.15, -0.1) is 0 Å². The Morgan fingerprint density at radius 3 is 2.43 bits per heavy atom. The molecule has 1 amide bonds. The topological polar surface area (TPSA) is 47.2 Å². The summed E-state index contributed by atoms with van der Waals surface area (Å²) in [7, 11) is 0. The van der Waals surface area contributed by atoms with Crippen LogP contribution in [-0.2, 0) is 12.7 Å². The van der Waals surface area contributed by atoms with E-state index in [2.05, 4.69) is 5.32 Å². The van der Waals surface area contributed by atoms with Crippen molar-refractivity contribution in [3.05, 3.63) is 90.0 Å². The summed E-state index contributed by atoms with van der Waals surface area (Å²) in [4.78, 5) is 12.3. The predicted molar refractivity (Wildman–Crippen MR) is 99.1 cm³/mol. The number of carbonyl (C=O) groups excluding carboxylic acids is 1. The van der Waals surface area contributed by atoms with Gasteiger partial charge in [0.05, 0.1) is 23.0 Å². The van der Waals surface area contributed by atoms with Gasteiger partial charge in [-0.25, -0.2) is 0 Å². The van der Waals surface area contributed by atoms with E-state index in [9.17, 15) is 18.0 Å². The molecule has 0 aliphatic rings. The number of hydrogen-bond donors (Lipinski definition) is 1. The summed E-state index contributed by atoms with van der Waals surface area (Å²) in [6.07, 6.45) is -1.17. The molecule has 0 saturated heterocycles. The van der Waals surface area contributed by atoms with E-state index in [-0.39, 0.29) is 11.7 Å². The van der Waals surface area contributed by atoms with Crippen molar-refractivity contribution >= 4 is 22.5 Å². The number of alkyl halides is 3. The summed E-state index contributed by atoms with van der Waals surface area (Å²) in [5.41, 5.74) is 1.50. The van der Waals surface area contributed by atoms with Crippen molar-refractivity contribution in [2.24, 2.45) is 0 Å². The fourth-order valence-corrected chi connectivity index (χ4v) is 3.06. The first-order valence-electron chi connectivity index (χ1n) is 8.51. The number of para-hydroxylation sites is 1. The van der Waals surface area contributed by atoms with Gasteiger partial charge < -0.3 is 14.3 Å². The number of rotatable bonds is 4. The standard InChI is InChI=1S/C21H15F3N2O2/c22-21(23,24)15-9-7-14(8-10-15)12-26-13-17(16-4-1-2-5-18(16)26)25-20(27)19-6-3-11-28-19/h1-11,13H,12H2,(H,25,27). The first-order chi connectivity index (χ1) is 13.4. The van der Waals surface area contributed by atoms with E-state index in [4.69, 9.17) is 4.42 Å². The molecule has 0 fully saturated rings. The Labute approximate surface area is 158 Å². The van der Waals surface area contributed by atoms with Crippen LogP contribution in [0.25, 0.3) is 10.9 Å². The van der Waals surface area contributed by atoms with Gasteiger partial charge in [-0.3, -0.25) is 4.79 Å². The number of benzene rings is 2. The van der Waals surface area contributed by atoms with E-state index in [0.29, 0.717) is 12.2 Å². The Morgan fingerprint density at radius 2 is 1.75 bits per heavy atom. The maximum atomic E-state index is 12.7. The third kappa shape index (κ3) is 3.51. The highest BCUT2D eigenvalue weighted by atomic mass is 19.4. The molecule has 2 heterocycles. The lowest BCUT2D eigenvalue weighted by Crippen LogP contribution is -2.10. The van der Waals surface area contributed by atoms with E-state index in [1.165, 1.54) is 18.4 Å². The molecule has 0 atom stereocenters. The van der Waals surface area contributed by atoms with Crippen molar-refractivity contribution in [3.63, 3.8) is 0 Å². The molecule has 4 rings (SSSR count). The zero-order chi connectivity index (χ0) is 19.7. The molecular weight excluding hydrogens is 369 g/mol. The smallest absolute Gasteiger partial charge is 0.416 e. The minimum absolute atomic E-state index is 0.194. The van der Waals surface area contributed by atoms with Gasteiger partial charge in [0.15, 0.2) is 5.76 Å². The zero-order valence-electron chi connectivity index (χ0n) is 14.5. The van der Waals surface area contributed by atoms with Gasteiger partial charge in [-0.05, 0) is 35.9 Å². The zero-order valence-corrected chi connectivity index (χ0v) is 14.5. The van der Waals surface area contributed by atoms with Gasteiger partial charge in [-0.2, -0.15) is 13.2 Å². The van der Waals surface area contributed by atoms with Crippen molar-refractivity contribution in [2.75, 3.05) is 5.32 Å². The number of hydrogen-bond acceptors (Lipinski definition) is 2. The van der Waals surface area contributed by atoms with E-state index in [1.54, 1.807) is 18.3 Å². The minimum atomic E-state index is -4.36. The van der Waals surface area contributed by atoms with Crippen LogP contribution in [-0.4, -0.2) is 10.5 Å². The molecule has 4 nitrogen and oxygen atoms in total. The molecule has 28 heavy (non-hydrogen) atoms. The number of furan rings is 1. The highest BCUT2D eigenvalue weighted by Crippen LogP contribution is 2.30. The lowest BCUT2D eigenvalue weighted by Gasteiger charge is -2.09. The molecule has 4 aromatic rings.